The van der Waals surface area contributed by atoms with Gasteiger partial charge in [-0.2, -0.15) is 0 Å². The van der Waals surface area contributed by atoms with Crippen LogP contribution in [-0.2, 0) is 16.8 Å². The topological polar surface area (TPSA) is 121 Å². The number of H-pyrrole nitrogens is 2. The van der Waals surface area contributed by atoms with E-state index in [2.05, 4.69) is 9.97 Å². The Labute approximate surface area is 155 Å². The Morgan fingerprint density at radius 2 is 1.85 bits per heavy atom. The van der Waals surface area contributed by atoms with Crippen LogP contribution in [0.5, 0.6) is 0 Å². The number of allylic oxidation sites excluding steroid dienone is 1. The number of hydrogen-bond donors (Lipinski definition) is 3. The molecule has 3 N–H and O–H groups in total. The molecule has 2 heterocycles. The largest absolute Gasteiger partial charge is 0.478 e. The van der Waals surface area contributed by atoms with Crippen LogP contribution in [0.3, 0.4) is 0 Å². The molecular formula is C19H24N4O4. The van der Waals surface area contributed by atoms with Crippen molar-refractivity contribution >= 4 is 17.1 Å². The van der Waals surface area contributed by atoms with E-state index in [1.54, 1.807) is 0 Å². The SMILES string of the molecule is CCCn1c(=O)[nH]c(=O)c2[nH]c(C34CCC(C=CC(=O)O)(CC3)CC4)nc21. The van der Waals surface area contributed by atoms with Crippen LogP contribution in [-0.4, -0.2) is 30.6 Å². The molecule has 3 aliphatic rings. The fourth-order valence-corrected chi connectivity index (χ4v) is 4.79. The molecule has 8 heteroatoms. The van der Waals surface area contributed by atoms with Gasteiger partial charge in [0.15, 0.2) is 5.65 Å². The number of aromatic nitrogens is 4. The van der Waals surface area contributed by atoms with Crippen molar-refractivity contribution < 1.29 is 9.90 Å². The summed E-state index contributed by atoms with van der Waals surface area (Å²) in [4.78, 5) is 45.6. The predicted octanol–water partition coefficient (Wildman–Crippen LogP) is 2.06. The summed E-state index contributed by atoms with van der Waals surface area (Å²) in [5, 5.41) is 8.93. The lowest BCUT2D eigenvalue weighted by Gasteiger charge is -2.51. The maximum Gasteiger partial charge on any atom is 0.330 e. The highest BCUT2D eigenvalue weighted by molar-refractivity contribution is 5.79. The van der Waals surface area contributed by atoms with Gasteiger partial charge >= 0.3 is 11.7 Å². The molecule has 0 amide bonds. The fourth-order valence-electron chi connectivity index (χ4n) is 4.79. The van der Waals surface area contributed by atoms with Crippen LogP contribution >= 0.6 is 0 Å². The molecule has 2 aromatic heterocycles. The van der Waals surface area contributed by atoms with Gasteiger partial charge in [0, 0.05) is 18.0 Å². The number of carboxylic acids is 1. The van der Waals surface area contributed by atoms with Crippen molar-refractivity contribution in [2.24, 2.45) is 5.41 Å². The van der Waals surface area contributed by atoms with E-state index in [4.69, 9.17) is 10.1 Å². The molecule has 0 spiro atoms. The Morgan fingerprint density at radius 3 is 2.44 bits per heavy atom. The minimum atomic E-state index is -0.905. The summed E-state index contributed by atoms with van der Waals surface area (Å²) in [7, 11) is 0. The van der Waals surface area contributed by atoms with Crippen LogP contribution < -0.4 is 11.2 Å². The van der Waals surface area contributed by atoms with E-state index < -0.39 is 17.2 Å². The number of hydrogen-bond acceptors (Lipinski definition) is 4. The third-order valence-electron chi connectivity index (χ3n) is 6.47. The highest BCUT2D eigenvalue weighted by atomic mass is 16.4. The van der Waals surface area contributed by atoms with Gasteiger partial charge in [-0.05, 0) is 50.4 Å². The number of aryl methyl sites for hydroxylation is 1. The molecule has 3 saturated carbocycles. The van der Waals surface area contributed by atoms with Crippen LogP contribution in [0, 0.1) is 5.41 Å². The third-order valence-corrected chi connectivity index (χ3v) is 6.47. The van der Waals surface area contributed by atoms with Gasteiger partial charge in [-0.3, -0.25) is 14.3 Å². The zero-order valence-electron chi connectivity index (χ0n) is 15.4. The highest BCUT2D eigenvalue weighted by Crippen LogP contribution is 2.57. The monoisotopic (exact) mass is 372 g/mol. The molecule has 2 bridgehead atoms. The van der Waals surface area contributed by atoms with Gasteiger partial charge in [0.1, 0.15) is 11.3 Å². The van der Waals surface area contributed by atoms with Gasteiger partial charge in [0.2, 0.25) is 0 Å². The molecule has 2 aromatic rings. The van der Waals surface area contributed by atoms with E-state index in [9.17, 15) is 14.4 Å². The Kier molecular flexibility index (Phi) is 4.09. The number of aliphatic carboxylic acids is 1. The van der Waals surface area contributed by atoms with Crippen molar-refractivity contribution in [3.05, 3.63) is 38.8 Å². The van der Waals surface area contributed by atoms with Gasteiger partial charge in [-0.1, -0.05) is 13.0 Å². The number of fused-ring (bicyclic) bond motifs is 4. The summed E-state index contributed by atoms with van der Waals surface area (Å²) >= 11 is 0. The fraction of sp³-hybridized carbons (Fsp3) is 0.579. The normalized spacial score (nSPS) is 27.6. The molecular weight excluding hydrogens is 348 g/mol. The third kappa shape index (κ3) is 2.83. The number of imidazole rings is 1. The van der Waals surface area contributed by atoms with E-state index in [1.807, 2.05) is 13.0 Å². The van der Waals surface area contributed by atoms with Gasteiger partial charge in [0.05, 0.1) is 0 Å². The van der Waals surface area contributed by atoms with E-state index in [1.165, 1.54) is 10.6 Å². The number of aromatic amines is 2. The van der Waals surface area contributed by atoms with Gasteiger partial charge < -0.3 is 10.1 Å². The lowest BCUT2D eigenvalue weighted by molar-refractivity contribution is -0.131. The zero-order valence-corrected chi connectivity index (χ0v) is 15.4. The van der Waals surface area contributed by atoms with Gasteiger partial charge in [0.25, 0.3) is 5.56 Å². The maximum absolute atomic E-state index is 12.2. The molecule has 8 nitrogen and oxygen atoms in total. The summed E-state index contributed by atoms with van der Waals surface area (Å²) in [6, 6.07) is 0. The Bertz CT molecular complexity index is 1020. The Balaban J connectivity index is 1.71. The average molecular weight is 372 g/mol. The summed E-state index contributed by atoms with van der Waals surface area (Å²) in [5.41, 5.74) is -0.215. The second-order valence-electron chi connectivity index (χ2n) is 8.01. The minimum absolute atomic E-state index is 0.0338. The molecule has 144 valence electrons. The number of carboxylic acid groups (broad SMARTS) is 1. The zero-order chi connectivity index (χ0) is 19.2. The van der Waals surface area contributed by atoms with E-state index in [0.717, 1.165) is 50.8 Å². The smallest absolute Gasteiger partial charge is 0.330 e. The second-order valence-corrected chi connectivity index (χ2v) is 8.01. The van der Waals surface area contributed by atoms with Crippen LogP contribution in [0.25, 0.3) is 11.2 Å². The quantitative estimate of drug-likeness (QED) is 0.694. The first-order chi connectivity index (χ1) is 12.9. The number of nitrogens with one attached hydrogen (secondary N) is 2. The second kappa shape index (κ2) is 6.21. The van der Waals surface area contributed by atoms with Gasteiger partial charge in [-0.25, -0.2) is 14.6 Å². The lowest BCUT2D eigenvalue weighted by atomic mass is 9.53. The van der Waals surface area contributed by atoms with Crippen molar-refractivity contribution in [1.82, 2.24) is 19.5 Å². The van der Waals surface area contributed by atoms with Gasteiger partial charge in [-0.15, -0.1) is 0 Å². The van der Waals surface area contributed by atoms with Crippen molar-refractivity contribution in [3.63, 3.8) is 0 Å². The molecule has 3 fully saturated rings. The number of carbonyl (C=O) groups is 1. The first-order valence-corrected chi connectivity index (χ1v) is 9.54. The molecule has 0 radical (unpaired) electrons. The first-order valence-electron chi connectivity index (χ1n) is 9.54. The standard InChI is InChI=1S/C19H24N4O4/c1-2-11-23-14-13(15(26)22-17(23)27)20-16(21-14)19-8-5-18(6-9-19,7-10-19)4-3-12(24)25/h3-4H,2,5-11H2,1H3,(H,20,21)(H,24,25)(H,22,26,27). The summed E-state index contributed by atoms with van der Waals surface area (Å²) < 4.78 is 1.53. The van der Waals surface area contributed by atoms with Crippen LogP contribution in [0.15, 0.2) is 21.7 Å². The number of nitrogens with zero attached hydrogens (tertiary/aromatic N) is 2. The molecule has 0 aliphatic heterocycles. The lowest BCUT2D eigenvalue weighted by Crippen LogP contribution is -2.44. The van der Waals surface area contributed by atoms with Crippen molar-refractivity contribution in [2.75, 3.05) is 0 Å². The van der Waals surface area contributed by atoms with E-state index in [0.29, 0.717) is 17.7 Å². The first kappa shape index (κ1) is 17.8. The Morgan fingerprint density at radius 1 is 1.19 bits per heavy atom. The average Bonchev–Trinajstić information content (AvgIpc) is 3.12. The molecule has 0 atom stereocenters. The van der Waals surface area contributed by atoms with E-state index >= 15 is 0 Å². The van der Waals surface area contributed by atoms with Crippen LogP contribution in [0.1, 0.15) is 57.7 Å². The maximum atomic E-state index is 12.2. The van der Waals surface area contributed by atoms with Crippen molar-refractivity contribution in [2.45, 2.75) is 63.8 Å². The molecule has 0 unspecified atom stereocenters. The predicted molar refractivity (Wildman–Crippen MR) is 99.9 cm³/mol. The highest BCUT2D eigenvalue weighted by Gasteiger charge is 2.49. The summed E-state index contributed by atoms with van der Waals surface area (Å²) in [5.74, 6) is -0.119. The number of rotatable bonds is 5. The van der Waals surface area contributed by atoms with Crippen LogP contribution in [0.2, 0.25) is 0 Å². The molecule has 27 heavy (non-hydrogen) atoms. The molecule has 3 aliphatic carbocycles. The summed E-state index contributed by atoms with van der Waals surface area (Å²) in [6.07, 6.45) is 9.31. The molecule has 5 rings (SSSR count). The van der Waals surface area contributed by atoms with Crippen LogP contribution in [0.4, 0.5) is 0 Å². The molecule has 0 saturated heterocycles. The van der Waals surface area contributed by atoms with Crippen molar-refractivity contribution in [1.29, 1.82) is 0 Å². The molecule has 0 aromatic carbocycles. The Hall–Kier alpha value is -2.64. The van der Waals surface area contributed by atoms with Crippen molar-refractivity contribution in [3.8, 4) is 0 Å². The summed E-state index contributed by atoms with van der Waals surface area (Å²) in [6.45, 7) is 2.48. The van der Waals surface area contributed by atoms with E-state index in [-0.39, 0.29) is 10.8 Å². The minimum Gasteiger partial charge on any atom is -0.478 e.